The lowest BCUT2D eigenvalue weighted by Crippen LogP contribution is -2.59. The van der Waals surface area contributed by atoms with E-state index in [1.54, 1.807) is 4.90 Å². The third-order valence-electron chi connectivity index (χ3n) is 6.49. The Morgan fingerprint density at radius 3 is 2.35 bits per heavy atom. The summed E-state index contributed by atoms with van der Waals surface area (Å²) in [6, 6.07) is 10.0. The largest absolute Gasteiger partial charge is 0.446 e. The van der Waals surface area contributed by atoms with Gasteiger partial charge in [-0.15, -0.1) is 0 Å². The minimum Gasteiger partial charge on any atom is -0.446 e. The van der Waals surface area contributed by atoms with E-state index in [2.05, 4.69) is 27.0 Å². The fourth-order valence-corrected chi connectivity index (χ4v) is 4.55. The second-order valence-electron chi connectivity index (χ2n) is 9.11. The zero-order valence-corrected chi connectivity index (χ0v) is 19.4. The summed E-state index contributed by atoms with van der Waals surface area (Å²) in [6.45, 7) is 7.29. The van der Waals surface area contributed by atoms with Crippen LogP contribution in [0.3, 0.4) is 0 Å². The Morgan fingerprint density at radius 1 is 1.03 bits per heavy atom. The number of amides is 1. The molecule has 0 radical (unpaired) electrons. The first-order valence-corrected chi connectivity index (χ1v) is 11.6. The van der Waals surface area contributed by atoms with Crippen molar-refractivity contribution in [3.63, 3.8) is 0 Å². The number of piperidine rings is 1. The number of aromatic nitrogens is 2. The number of hydrogen-bond acceptors (Lipinski definition) is 6. The lowest BCUT2D eigenvalue weighted by Gasteiger charge is -2.44. The Kier molecular flexibility index (Phi) is 7.25. The predicted octanol–water partition coefficient (Wildman–Crippen LogP) is 4.20. The second kappa shape index (κ2) is 10.2. The van der Waals surface area contributed by atoms with Crippen LogP contribution in [0.25, 0.3) is 0 Å². The average Bonchev–Trinajstić information content (AvgIpc) is 2.82. The molecule has 1 aromatic heterocycles. The maximum atomic E-state index is 12.9. The molecule has 2 fully saturated rings. The van der Waals surface area contributed by atoms with Gasteiger partial charge in [0, 0.05) is 44.8 Å². The summed E-state index contributed by atoms with van der Waals surface area (Å²) in [4.78, 5) is 26.3. The van der Waals surface area contributed by atoms with Crippen LogP contribution in [0.4, 0.5) is 23.8 Å². The van der Waals surface area contributed by atoms with Gasteiger partial charge in [-0.2, -0.15) is 13.2 Å². The summed E-state index contributed by atoms with van der Waals surface area (Å²) < 4.78 is 44.2. The Labute approximate surface area is 197 Å². The first kappa shape index (κ1) is 24.3. The molecule has 0 N–H and O–H groups in total. The fourth-order valence-electron chi connectivity index (χ4n) is 4.55. The molecule has 4 rings (SSSR count). The van der Waals surface area contributed by atoms with Crippen molar-refractivity contribution in [3.05, 3.63) is 54.0 Å². The van der Waals surface area contributed by atoms with Crippen molar-refractivity contribution < 1.29 is 22.7 Å². The summed E-state index contributed by atoms with van der Waals surface area (Å²) in [5.41, 5.74) is 0.255. The van der Waals surface area contributed by atoms with Gasteiger partial charge in [0.05, 0.1) is 12.4 Å². The van der Waals surface area contributed by atoms with Gasteiger partial charge in [-0.1, -0.05) is 30.3 Å². The van der Waals surface area contributed by atoms with Crippen molar-refractivity contribution in [2.24, 2.45) is 0 Å². The number of alkyl halides is 3. The number of benzene rings is 1. The van der Waals surface area contributed by atoms with Crippen molar-refractivity contribution >= 4 is 11.9 Å². The highest BCUT2D eigenvalue weighted by atomic mass is 19.4. The van der Waals surface area contributed by atoms with Crippen LogP contribution in [0.5, 0.6) is 0 Å². The van der Waals surface area contributed by atoms with Gasteiger partial charge >= 0.3 is 12.3 Å². The highest BCUT2D eigenvalue weighted by molar-refractivity contribution is 5.69. The van der Waals surface area contributed by atoms with Gasteiger partial charge < -0.3 is 14.5 Å². The van der Waals surface area contributed by atoms with Crippen LogP contribution in [0, 0.1) is 0 Å². The van der Waals surface area contributed by atoms with E-state index in [-0.39, 0.29) is 24.3 Å². The lowest BCUT2D eigenvalue weighted by atomic mass is 10.1. The molecule has 0 aliphatic carbocycles. The van der Waals surface area contributed by atoms with E-state index in [9.17, 15) is 18.0 Å². The molecule has 1 aromatic carbocycles. The number of hydrogen-bond donors (Lipinski definition) is 0. The average molecular weight is 478 g/mol. The Morgan fingerprint density at radius 2 is 1.74 bits per heavy atom. The molecule has 2 aromatic rings. The van der Waals surface area contributed by atoms with Gasteiger partial charge in [0.25, 0.3) is 0 Å². The van der Waals surface area contributed by atoms with Crippen LogP contribution >= 0.6 is 0 Å². The minimum atomic E-state index is -4.52. The van der Waals surface area contributed by atoms with Gasteiger partial charge in [-0.05, 0) is 32.3 Å². The molecule has 0 unspecified atom stereocenters. The van der Waals surface area contributed by atoms with Gasteiger partial charge in [-0.25, -0.2) is 14.8 Å². The maximum absolute atomic E-state index is 12.9. The van der Waals surface area contributed by atoms with Crippen molar-refractivity contribution in [1.29, 1.82) is 0 Å². The predicted molar refractivity (Wildman–Crippen MR) is 121 cm³/mol. The summed E-state index contributed by atoms with van der Waals surface area (Å²) in [5.74, 6) is 0.367. The number of piperazine rings is 1. The van der Waals surface area contributed by atoms with Gasteiger partial charge in [0.15, 0.2) is 5.69 Å². The Bertz CT molecular complexity index is 949. The van der Waals surface area contributed by atoms with Crippen LogP contribution in [0.15, 0.2) is 42.7 Å². The Balaban J connectivity index is 1.28. The molecule has 184 valence electrons. The molecule has 2 aliphatic heterocycles. The molecule has 7 nitrogen and oxygen atoms in total. The smallest absolute Gasteiger partial charge is 0.434 e. The van der Waals surface area contributed by atoms with Crippen molar-refractivity contribution in [2.45, 2.75) is 57.6 Å². The zero-order valence-electron chi connectivity index (χ0n) is 19.4. The van der Waals surface area contributed by atoms with Crippen LogP contribution in [0.1, 0.15) is 37.9 Å². The van der Waals surface area contributed by atoms with Crippen LogP contribution in [-0.4, -0.2) is 70.2 Å². The van der Waals surface area contributed by atoms with Gasteiger partial charge in [-0.3, -0.25) is 4.90 Å². The molecule has 0 bridgehead atoms. The van der Waals surface area contributed by atoms with Crippen molar-refractivity contribution in [3.8, 4) is 0 Å². The highest BCUT2D eigenvalue weighted by Gasteiger charge is 2.36. The number of nitrogens with zero attached hydrogens (tertiary/aromatic N) is 5. The summed E-state index contributed by atoms with van der Waals surface area (Å²) in [7, 11) is 0. The first-order valence-electron chi connectivity index (χ1n) is 11.6. The summed E-state index contributed by atoms with van der Waals surface area (Å²) >= 11 is 0. The Hall–Kier alpha value is -2.88. The first-order chi connectivity index (χ1) is 16.2. The number of rotatable bonds is 4. The van der Waals surface area contributed by atoms with E-state index >= 15 is 0 Å². The molecule has 10 heteroatoms. The van der Waals surface area contributed by atoms with E-state index in [0.29, 0.717) is 18.9 Å². The number of carbonyl (C=O) groups is 1. The van der Waals surface area contributed by atoms with E-state index in [1.165, 1.54) is 5.56 Å². The van der Waals surface area contributed by atoms with Gasteiger partial charge in [0.1, 0.15) is 11.9 Å². The standard InChI is InChI=1S/C24H30F3N5O2/c1-17-15-32(18(2)14-31(17)22-13-28-21(12-29-22)24(25,26)27)23(33)34-20-8-10-30(11-9-20)16-19-6-4-3-5-7-19/h3-7,12-13,17-18,20H,8-11,14-16H2,1-2H3/t17-,18-/m1/s1. The van der Waals surface area contributed by atoms with Crippen LogP contribution in [0.2, 0.25) is 0 Å². The molecule has 3 heterocycles. The van der Waals surface area contributed by atoms with Crippen LogP contribution in [-0.2, 0) is 17.5 Å². The highest BCUT2D eigenvalue weighted by Crippen LogP contribution is 2.29. The van der Waals surface area contributed by atoms with E-state index in [0.717, 1.165) is 44.9 Å². The van der Waals surface area contributed by atoms with Crippen molar-refractivity contribution in [2.75, 3.05) is 31.1 Å². The monoisotopic (exact) mass is 477 g/mol. The molecular formula is C24H30F3N5O2. The lowest BCUT2D eigenvalue weighted by molar-refractivity contribution is -0.141. The minimum absolute atomic E-state index is 0.110. The molecule has 2 atom stereocenters. The van der Waals surface area contributed by atoms with E-state index in [4.69, 9.17) is 4.74 Å². The molecule has 0 spiro atoms. The zero-order chi connectivity index (χ0) is 24.3. The molecular weight excluding hydrogens is 447 g/mol. The van der Waals surface area contributed by atoms with Crippen LogP contribution < -0.4 is 4.90 Å². The molecule has 2 aliphatic rings. The molecule has 2 saturated heterocycles. The molecule has 0 saturated carbocycles. The topological polar surface area (TPSA) is 61.8 Å². The summed E-state index contributed by atoms with van der Waals surface area (Å²) in [6.07, 6.45) is -1.49. The second-order valence-corrected chi connectivity index (χ2v) is 9.11. The number of carbonyl (C=O) groups excluding carboxylic acids is 1. The number of halogens is 3. The third-order valence-corrected chi connectivity index (χ3v) is 6.49. The van der Waals surface area contributed by atoms with Gasteiger partial charge in [0.2, 0.25) is 0 Å². The van der Waals surface area contributed by atoms with Crippen molar-refractivity contribution in [1.82, 2.24) is 19.8 Å². The number of anilines is 1. The fraction of sp³-hybridized carbons (Fsp3) is 0.542. The quantitative estimate of drug-likeness (QED) is 0.658. The number of ether oxygens (including phenoxy) is 1. The summed E-state index contributed by atoms with van der Waals surface area (Å²) in [5, 5.41) is 0. The maximum Gasteiger partial charge on any atom is 0.434 e. The third kappa shape index (κ3) is 5.78. The molecule has 34 heavy (non-hydrogen) atoms. The van der Waals surface area contributed by atoms with E-state index in [1.807, 2.05) is 36.9 Å². The normalized spacial score (nSPS) is 22.6. The number of likely N-dealkylation sites (tertiary alicyclic amines) is 1. The molecule has 1 amide bonds. The SMILES string of the molecule is C[C@@H]1CN(c2cnc(C(F)(F)F)cn2)[C@H](C)CN1C(=O)OC1CCN(Cc2ccccc2)CC1. The van der Waals surface area contributed by atoms with E-state index < -0.39 is 11.9 Å².